The summed E-state index contributed by atoms with van der Waals surface area (Å²) in [5.74, 6) is 1.55. The van der Waals surface area contributed by atoms with Gasteiger partial charge < -0.3 is 4.74 Å². The molecule has 0 unspecified atom stereocenters. The van der Waals surface area contributed by atoms with Gasteiger partial charge in [0, 0.05) is 5.75 Å². The Balaban J connectivity index is 2.08. The second kappa shape index (κ2) is 7.98. The predicted molar refractivity (Wildman–Crippen MR) is 87.1 cm³/mol. The molecule has 2 nitrogen and oxygen atoms in total. The molecule has 106 valence electrons. The number of hydrogen-bond acceptors (Lipinski definition) is 3. The summed E-state index contributed by atoms with van der Waals surface area (Å²) >= 11 is 1.70. The molecule has 1 aromatic rings. The first-order valence-corrected chi connectivity index (χ1v) is 8.01. The first-order chi connectivity index (χ1) is 9.83. The van der Waals surface area contributed by atoms with Crippen molar-refractivity contribution in [3.8, 4) is 0 Å². The van der Waals surface area contributed by atoms with Crippen molar-refractivity contribution >= 4 is 16.8 Å². The number of nitrogens with zero attached hydrogens (tertiary/aromatic N) is 1. The highest BCUT2D eigenvalue weighted by Crippen LogP contribution is 2.25. The fourth-order valence-electron chi connectivity index (χ4n) is 2.32. The van der Waals surface area contributed by atoms with Gasteiger partial charge in [-0.25, -0.2) is 0 Å². The molecule has 1 fully saturated rings. The second-order valence-corrected chi connectivity index (χ2v) is 5.82. The molecular formula is C17H21NOS. The van der Waals surface area contributed by atoms with Crippen molar-refractivity contribution in [3.05, 3.63) is 54.0 Å². The first-order valence-electron chi connectivity index (χ1n) is 7.02. The molecule has 1 saturated carbocycles. The van der Waals surface area contributed by atoms with Crippen LogP contribution in [-0.2, 0) is 10.5 Å². The standard InChI is InChI=1S/C17H21NOS/c1-3-16(19-2)17(18-15-11-7-8-12-15)20-13-14-9-5-4-6-10-14/h4-6,9-10,15H,1,7-8,11-13H2,2H3. The van der Waals surface area contributed by atoms with Crippen LogP contribution in [-0.4, -0.2) is 18.2 Å². The number of benzene rings is 1. The summed E-state index contributed by atoms with van der Waals surface area (Å²) in [7, 11) is 1.65. The summed E-state index contributed by atoms with van der Waals surface area (Å²) in [5, 5.41) is 0.929. The minimum Gasteiger partial charge on any atom is -0.487 e. The SMILES string of the molecule is C=C=C(OC)C(=NC1CCCC1)SCc1ccccc1. The van der Waals surface area contributed by atoms with E-state index in [4.69, 9.17) is 9.73 Å². The van der Waals surface area contributed by atoms with Crippen molar-refractivity contribution in [1.29, 1.82) is 0 Å². The molecule has 0 saturated heterocycles. The lowest BCUT2D eigenvalue weighted by atomic mass is 10.2. The largest absolute Gasteiger partial charge is 0.487 e. The highest BCUT2D eigenvalue weighted by Gasteiger charge is 2.17. The molecular weight excluding hydrogens is 266 g/mol. The molecule has 0 heterocycles. The Morgan fingerprint density at radius 2 is 2.05 bits per heavy atom. The number of methoxy groups -OCH3 is 1. The maximum atomic E-state index is 5.35. The topological polar surface area (TPSA) is 21.6 Å². The molecule has 0 amide bonds. The number of hydrogen-bond donors (Lipinski definition) is 0. The molecule has 2 rings (SSSR count). The van der Waals surface area contributed by atoms with Gasteiger partial charge in [0.05, 0.1) is 13.2 Å². The molecule has 0 bridgehead atoms. The Kier molecular flexibility index (Phi) is 5.97. The normalized spacial score (nSPS) is 15.9. The number of aliphatic imine (C=N–C) groups is 1. The highest BCUT2D eigenvalue weighted by molar-refractivity contribution is 8.13. The maximum absolute atomic E-state index is 5.35. The molecule has 0 atom stereocenters. The molecule has 0 radical (unpaired) electrons. The fourth-order valence-corrected chi connectivity index (χ4v) is 3.33. The number of ether oxygens (including phenoxy) is 1. The average molecular weight is 287 g/mol. The van der Waals surface area contributed by atoms with Gasteiger partial charge in [-0.2, -0.15) is 0 Å². The van der Waals surface area contributed by atoms with Gasteiger partial charge in [-0.3, -0.25) is 4.99 Å². The average Bonchev–Trinajstić information content (AvgIpc) is 3.00. The third-order valence-electron chi connectivity index (χ3n) is 3.40. The lowest BCUT2D eigenvalue weighted by Gasteiger charge is -2.11. The predicted octanol–water partition coefficient (Wildman–Crippen LogP) is 4.58. The van der Waals surface area contributed by atoms with Gasteiger partial charge >= 0.3 is 0 Å². The van der Waals surface area contributed by atoms with E-state index in [1.165, 1.54) is 31.2 Å². The summed E-state index contributed by atoms with van der Waals surface area (Å²) in [5.41, 5.74) is 4.14. The van der Waals surface area contributed by atoms with Crippen molar-refractivity contribution in [2.24, 2.45) is 4.99 Å². The van der Waals surface area contributed by atoms with Crippen LogP contribution in [0.4, 0.5) is 0 Å². The summed E-state index contributed by atoms with van der Waals surface area (Å²) in [6.45, 7) is 3.70. The van der Waals surface area contributed by atoms with E-state index in [0.29, 0.717) is 11.8 Å². The number of thioether (sulfide) groups is 1. The van der Waals surface area contributed by atoms with Gasteiger partial charge in [0.2, 0.25) is 0 Å². The Morgan fingerprint density at radius 1 is 1.35 bits per heavy atom. The van der Waals surface area contributed by atoms with Crippen LogP contribution in [0.25, 0.3) is 0 Å². The molecule has 1 aliphatic rings. The summed E-state index contributed by atoms with van der Waals surface area (Å²) in [4.78, 5) is 4.85. The third kappa shape index (κ3) is 4.29. The van der Waals surface area contributed by atoms with Crippen LogP contribution in [0.2, 0.25) is 0 Å². The smallest absolute Gasteiger partial charge is 0.193 e. The van der Waals surface area contributed by atoms with Crippen molar-refractivity contribution in [2.75, 3.05) is 7.11 Å². The Hall–Kier alpha value is -1.44. The van der Waals surface area contributed by atoms with Crippen LogP contribution in [0.5, 0.6) is 0 Å². The zero-order chi connectivity index (χ0) is 14.2. The molecule has 1 aliphatic carbocycles. The van der Waals surface area contributed by atoms with Crippen molar-refractivity contribution in [3.63, 3.8) is 0 Å². The van der Waals surface area contributed by atoms with Crippen molar-refractivity contribution in [1.82, 2.24) is 0 Å². The third-order valence-corrected chi connectivity index (χ3v) is 4.44. The fraction of sp³-hybridized carbons (Fsp3) is 0.412. The van der Waals surface area contributed by atoms with E-state index in [2.05, 4.69) is 36.6 Å². The minimum atomic E-state index is 0.437. The minimum absolute atomic E-state index is 0.437. The van der Waals surface area contributed by atoms with E-state index in [-0.39, 0.29) is 0 Å². The van der Waals surface area contributed by atoms with Crippen LogP contribution in [0.1, 0.15) is 31.2 Å². The van der Waals surface area contributed by atoms with E-state index in [0.717, 1.165) is 10.8 Å². The Bertz CT molecular complexity index is 497. The van der Waals surface area contributed by atoms with E-state index in [1.807, 2.05) is 6.07 Å². The highest BCUT2D eigenvalue weighted by atomic mass is 32.2. The molecule has 1 aromatic carbocycles. The van der Waals surface area contributed by atoms with Crippen LogP contribution in [0, 0.1) is 0 Å². The van der Waals surface area contributed by atoms with Gasteiger partial charge in [0.15, 0.2) is 5.76 Å². The summed E-state index contributed by atoms with van der Waals surface area (Å²) < 4.78 is 5.35. The molecule has 20 heavy (non-hydrogen) atoms. The monoisotopic (exact) mass is 287 g/mol. The van der Waals surface area contributed by atoms with E-state index >= 15 is 0 Å². The van der Waals surface area contributed by atoms with Crippen LogP contribution < -0.4 is 0 Å². The zero-order valence-corrected chi connectivity index (χ0v) is 12.8. The van der Waals surface area contributed by atoms with Gasteiger partial charge in [-0.1, -0.05) is 67.2 Å². The van der Waals surface area contributed by atoms with E-state index < -0.39 is 0 Å². The van der Waals surface area contributed by atoms with Crippen molar-refractivity contribution < 1.29 is 4.74 Å². The molecule has 0 spiro atoms. The number of rotatable bonds is 5. The lowest BCUT2D eigenvalue weighted by molar-refractivity contribution is 0.317. The first kappa shape index (κ1) is 15.0. The van der Waals surface area contributed by atoms with Gasteiger partial charge in [0.1, 0.15) is 5.04 Å². The lowest BCUT2D eigenvalue weighted by Crippen LogP contribution is -2.06. The molecule has 0 aromatic heterocycles. The van der Waals surface area contributed by atoms with Gasteiger partial charge in [-0.05, 0) is 18.4 Å². The second-order valence-electron chi connectivity index (χ2n) is 4.86. The van der Waals surface area contributed by atoms with Gasteiger partial charge in [-0.15, -0.1) is 0 Å². The maximum Gasteiger partial charge on any atom is 0.193 e. The molecule has 0 N–H and O–H groups in total. The van der Waals surface area contributed by atoms with Gasteiger partial charge in [0.25, 0.3) is 0 Å². The quantitative estimate of drug-likeness (QED) is 0.342. The molecule has 3 heteroatoms. The van der Waals surface area contributed by atoms with Crippen LogP contribution in [0.3, 0.4) is 0 Å². The molecule has 0 aliphatic heterocycles. The Morgan fingerprint density at radius 3 is 2.65 bits per heavy atom. The summed E-state index contributed by atoms with van der Waals surface area (Å²) in [6.07, 6.45) is 4.93. The zero-order valence-electron chi connectivity index (χ0n) is 12.0. The Labute approximate surface area is 125 Å². The summed E-state index contributed by atoms with van der Waals surface area (Å²) in [6, 6.07) is 10.8. The van der Waals surface area contributed by atoms with Crippen LogP contribution in [0.15, 0.2) is 53.4 Å². The van der Waals surface area contributed by atoms with Crippen molar-refractivity contribution in [2.45, 2.75) is 37.5 Å². The van der Waals surface area contributed by atoms with Crippen LogP contribution >= 0.6 is 11.8 Å². The van der Waals surface area contributed by atoms with E-state index in [9.17, 15) is 0 Å². The van der Waals surface area contributed by atoms with E-state index in [1.54, 1.807) is 18.9 Å².